The van der Waals surface area contributed by atoms with E-state index in [1.165, 1.54) is 16.7 Å². The van der Waals surface area contributed by atoms with Crippen LogP contribution in [0.2, 0.25) is 0 Å². The normalized spacial score (nSPS) is 16.0. The van der Waals surface area contributed by atoms with Crippen LogP contribution in [0.3, 0.4) is 0 Å². The fourth-order valence-corrected chi connectivity index (χ4v) is 2.27. The average molecular weight is 388 g/mol. The molecule has 2 aromatic rings. The number of hydrogen-bond donors (Lipinski definition) is 1. The van der Waals surface area contributed by atoms with Gasteiger partial charge in [-0.15, -0.1) is 13.2 Å². The van der Waals surface area contributed by atoms with Crippen molar-refractivity contribution >= 4 is 17.6 Å². The van der Waals surface area contributed by atoms with E-state index < -0.39 is 35.1 Å². The van der Waals surface area contributed by atoms with Crippen molar-refractivity contribution in [3.63, 3.8) is 0 Å². The fourth-order valence-electron chi connectivity index (χ4n) is 2.27. The molecule has 0 spiro atoms. The Hall–Kier alpha value is -3.51. The maximum Gasteiger partial charge on any atom is 0.573 e. The molecule has 1 atom stereocenters. The van der Waals surface area contributed by atoms with Crippen LogP contribution in [0, 0.1) is 10.1 Å². The Balaban J connectivity index is 1.54. The summed E-state index contributed by atoms with van der Waals surface area (Å²) in [6, 6.07) is 4.52. The van der Waals surface area contributed by atoms with Gasteiger partial charge < -0.3 is 24.3 Å². The highest BCUT2D eigenvalue weighted by molar-refractivity contribution is 5.84. The summed E-state index contributed by atoms with van der Waals surface area (Å²) < 4.78 is 51.7. The van der Waals surface area contributed by atoms with Gasteiger partial charge in [0.05, 0.1) is 6.54 Å². The Bertz CT molecular complexity index is 852. The van der Waals surface area contributed by atoms with E-state index in [-0.39, 0.29) is 24.8 Å². The number of benzene rings is 1. The number of carbonyl (C=O) groups excluding carboxylic acids is 1. The van der Waals surface area contributed by atoms with Crippen molar-refractivity contribution < 1.29 is 37.1 Å². The molecule has 0 unspecified atom stereocenters. The molecule has 13 heteroatoms. The first-order chi connectivity index (χ1) is 12.7. The summed E-state index contributed by atoms with van der Waals surface area (Å²) in [5.41, 5.74) is 0.185. The van der Waals surface area contributed by atoms with Crippen LogP contribution in [-0.4, -0.2) is 39.6 Å². The fraction of sp³-hybridized carbons (Fsp3) is 0.286. The van der Waals surface area contributed by atoms with Gasteiger partial charge in [0.15, 0.2) is 6.10 Å². The monoisotopic (exact) mass is 388 g/mol. The maximum absolute atomic E-state index is 12.1. The molecule has 1 aliphatic heterocycles. The SMILES string of the molecule is O=C(Nc1ccc(OC(F)(F)F)cc1)O[C@H]1COc2nc([N+](=O)[O-])cn2C1. The number of imidazole rings is 1. The van der Waals surface area contributed by atoms with Crippen LogP contribution in [0.1, 0.15) is 0 Å². The Morgan fingerprint density at radius 1 is 1.37 bits per heavy atom. The van der Waals surface area contributed by atoms with Gasteiger partial charge in [-0.2, -0.15) is 0 Å². The minimum Gasteiger partial charge on any atom is -0.442 e. The lowest BCUT2D eigenvalue weighted by molar-refractivity contribution is -0.389. The largest absolute Gasteiger partial charge is 0.573 e. The first-order valence-corrected chi connectivity index (χ1v) is 7.37. The Morgan fingerprint density at radius 3 is 2.70 bits per heavy atom. The van der Waals surface area contributed by atoms with Gasteiger partial charge >= 0.3 is 24.3 Å². The molecule has 0 bridgehead atoms. The quantitative estimate of drug-likeness (QED) is 0.632. The number of nitro groups is 1. The van der Waals surface area contributed by atoms with E-state index in [0.717, 1.165) is 18.3 Å². The van der Waals surface area contributed by atoms with Gasteiger partial charge in [-0.25, -0.2) is 4.79 Å². The summed E-state index contributed by atoms with van der Waals surface area (Å²) in [5, 5.41) is 13.0. The number of aromatic nitrogens is 2. The Labute approximate surface area is 148 Å². The minimum absolute atomic E-state index is 0.0437. The lowest BCUT2D eigenvalue weighted by Gasteiger charge is -2.22. The second kappa shape index (κ2) is 7.01. The van der Waals surface area contributed by atoms with Crippen molar-refractivity contribution in [2.75, 3.05) is 11.9 Å². The van der Waals surface area contributed by atoms with Gasteiger partial charge in [-0.1, -0.05) is 0 Å². The van der Waals surface area contributed by atoms with Crippen molar-refractivity contribution in [3.05, 3.63) is 40.6 Å². The molecule has 0 fully saturated rings. The maximum atomic E-state index is 12.1. The van der Waals surface area contributed by atoms with Crippen molar-refractivity contribution in [2.45, 2.75) is 19.0 Å². The van der Waals surface area contributed by atoms with Crippen molar-refractivity contribution in [3.8, 4) is 11.8 Å². The molecule has 3 rings (SSSR count). The van der Waals surface area contributed by atoms with Gasteiger partial charge in [0, 0.05) is 10.7 Å². The average Bonchev–Trinajstić information content (AvgIpc) is 2.99. The minimum atomic E-state index is -4.81. The third-order valence-corrected chi connectivity index (χ3v) is 3.32. The number of anilines is 1. The summed E-state index contributed by atoms with van der Waals surface area (Å²) in [6.07, 6.45) is -5.26. The molecule has 1 amide bonds. The van der Waals surface area contributed by atoms with Crippen LogP contribution in [0.5, 0.6) is 11.8 Å². The molecular weight excluding hydrogens is 377 g/mol. The van der Waals surface area contributed by atoms with Crippen LogP contribution in [0.15, 0.2) is 30.5 Å². The van der Waals surface area contributed by atoms with Crippen molar-refractivity contribution in [2.24, 2.45) is 0 Å². The lowest BCUT2D eigenvalue weighted by Crippen LogP contribution is -2.35. The van der Waals surface area contributed by atoms with Gasteiger partial charge in [-0.05, 0) is 29.2 Å². The molecule has 144 valence electrons. The number of fused-ring (bicyclic) bond motifs is 1. The predicted octanol–water partition coefficient (Wildman–Crippen LogP) is 2.70. The summed E-state index contributed by atoms with van der Waals surface area (Å²) in [5.74, 6) is -0.826. The third kappa shape index (κ3) is 4.77. The number of alkyl halides is 3. The molecule has 1 N–H and O–H groups in total. The van der Waals surface area contributed by atoms with Crippen LogP contribution in [0.25, 0.3) is 0 Å². The summed E-state index contributed by atoms with van der Waals surface area (Å²) in [7, 11) is 0. The van der Waals surface area contributed by atoms with Crippen LogP contribution in [0.4, 0.5) is 29.5 Å². The number of hydrogen-bond acceptors (Lipinski definition) is 7. The van der Waals surface area contributed by atoms with Crippen molar-refractivity contribution in [1.82, 2.24) is 9.55 Å². The number of nitrogens with zero attached hydrogens (tertiary/aromatic N) is 3. The van der Waals surface area contributed by atoms with Gasteiger partial charge in [-0.3, -0.25) is 9.88 Å². The lowest BCUT2D eigenvalue weighted by atomic mass is 10.3. The second-order valence-corrected chi connectivity index (χ2v) is 5.33. The highest BCUT2D eigenvalue weighted by Gasteiger charge is 2.31. The van der Waals surface area contributed by atoms with E-state index >= 15 is 0 Å². The topological polar surface area (TPSA) is 118 Å². The van der Waals surface area contributed by atoms with E-state index in [9.17, 15) is 28.1 Å². The van der Waals surface area contributed by atoms with Crippen LogP contribution >= 0.6 is 0 Å². The van der Waals surface area contributed by atoms with Crippen molar-refractivity contribution in [1.29, 1.82) is 0 Å². The van der Waals surface area contributed by atoms with Crippen LogP contribution in [-0.2, 0) is 11.3 Å². The molecule has 27 heavy (non-hydrogen) atoms. The van der Waals surface area contributed by atoms with Crippen LogP contribution < -0.4 is 14.8 Å². The molecule has 2 heterocycles. The number of amides is 1. The molecule has 1 aromatic carbocycles. The number of carbonyl (C=O) groups is 1. The van der Waals surface area contributed by atoms with Gasteiger partial charge in [0.25, 0.3) is 0 Å². The Morgan fingerprint density at radius 2 is 2.07 bits per heavy atom. The van der Waals surface area contributed by atoms with Gasteiger partial charge in [0.1, 0.15) is 18.6 Å². The first kappa shape index (κ1) is 18.3. The molecule has 0 saturated heterocycles. The van der Waals surface area contributed by atoms with E-state index in [0.29, 0.717) is 0 Å². The first-order valence-electron chi connectivity index (χ1n) is 7.37. The highest BCUT2D eigenvalue weighted by atomic mass is 19.4. The molecule has 0 radical (unpaired) electrons. The number of rotatable bonds is 4. The highest BCUT2D eigenvalue weighted by Crippen LogP contribution is 2.25. The smallest absolute Gasteiger partial charge is 0.442 e. The molecule has 1 aromatic heterocycles. The molecule has 1 aliphatic rings. The molecule has 0 saturated carbocycles. The number of halogens is 3. The number of nitrogens with one attached hydrogen (secondary N) is 1. The molecule has 0 aliphatic carbocycles. The Kier molecular flexibility index (Phi) is 4.75. The van der Waals surface area contributed by atoms with Gasteiger partial charge in [0.2, 0.25) is 0 Å². The zero-order chi connectivity index (χ0) is 19.6. The third-order valence-electron chi connectivity index (χ3n) is 3.32. The zero-order valence-electron chi connectivity index (χ0n) is 13.3. The van der Waals surface area contributed by atoms with E-state index in [4.69, 9.17) is 9.47 Å². The summed E-state index contributed by atoms with van der Waals surface area (Å²) in [6.45, 7) is 0.0436. The zero-order valence-corrected chi connectivity index (χ0v) is 13.3. The predicted molar refractivity (Wildman–Crippen MR) is 81.4 cm³/mol. The summed E-state index contributed by atoms with van der Waals surface area (Å²) >= 11 is 0. The number of ether oxygens (including phenoxy) is 3. The summed E-state index contributed by atoms with van der Waals surface area (Å²) in [4.78, 5) is 25.6. The molecule has 10 nitrogen and oxygen atoms in total. The van der Waals surface area contributed by atoms with E-state index in [2.05, 4.69) is 15.0 Å². The van der Waals surface area contributed by atoms with E-state index in [1.54, 1.807) is 0 Å². The standard InChI is InChI=1S/C14H11F3N4O6/c15-14(16,17)27-9-3-1-8(2-4-9)18-13(22)26-10-5-20-6-11(21(23)24)19-12(20)25-7-10/h1-4,6,10H,5,7H2,(H,18,22)/t10-/m1/s1. The second-order valence-electron chi connectivity index (χ2n) is 5.33. The molecular formula is C14H11F3N4O6. The van der Waals surface area contributed by atoms with E-state index in [1.807, 2.05) is 0 Å².